The predicted octanol–water partition coefficient (Wildman–Crippen LogP) is 12.0. The lowest BCUT2D eigenvalue weighted by Gasteiger charge is -2.36. The van der Waals surface area contributed by atoms with Gasteiger partial charge in [-0.2, -0.15) is 0 Å². The van der Waals surface area contributed by atoms with Crippen LogP contribution >= 0.6 is 0 Å². The van der Waals surface area contributed by atoms with Crippen molar-refractivity contribution in [3.05, 3.63) is 143 Å². The molecule has 9 rings (SSSR count). The number of aliphatic imine (C=N–C) groups is 4. The molecule has 0 aromatic heterocycles. The number of benzene rings is 6. The molecule has 0 spiro atoms. The molecule has 0 bridgehead atoms. The van der Waals surface area contributed by atoms with Crippen LogP contribution in [0.2, 0.25) is 0 Å². The summed E-state index contributed by atoms with van der Waals surface area (Å²) >= 11 is 0. The maximum absolute atomic E-state index is 11.1. The minimum atomic E-state index is -0.437. The highest BCUT2D eigenvalue weighted by Crippen LogP contribution is 2.54. The zero-order valence-corrected chi connectivity index (χ0v) is 39.0. The highest BCUT2D eigenvalue weighted by molar-refractivity contribution is 5.90. The highest BCUT2D eigenvalue weighted by Gasteiger charge is 2.37. The standard InChI is InChI=1S/C57H58N4O7/c1-57(2)45-13-9-11-43(35-19-23-51(62)37(27-35)31-58-47-15-5-7-17-49(47)60-33-39-29-41(66-3)21-25-53(39)64)55(45)68-56-44(12-10-14-46(56)57)36-20-24-52(63)38(28-36)32-59-48-16-6-8-18-50(48)61-34-40-30-42(67-4)22-26-54(40)65/h9-14,19-34,47-50,62-65H,5-8,15-18H2,1-4H3/t47-,48-,49-,50-/m1/s1. The van der Waals surface area contributed by atoms with Crippen molar-refractivity contribution >= 4 is 24.9 Å². The first kappa shape index (κ1) is 45.7. The first-order chi connectivity index (χ1) is 33.0. The van der Waals surface area contributed by atoms with E-state index in [0.717, 1.165) is 96.2 Å². The second kappa shape index (κ2) is 19.8. The van der Waals surface area contributed by atoms with E-state index in [1.54, 1.807) is 87.6 Å². The monoisotopic (exact) mass is 910 g/mol. The Bertz CT molecular complexity index is 2740. The van der Waals surface area contributed by atoms with Gasteiger partial charge in [0.2, 0.25) is 0 Å². The van der Waals surface area contributed by atoms with Gasteiger partial charge in [-0.1, -0.05) is 88.1 Å². The molecule has 11 heteroatoms. The fraction of sp³-hybridized carbons (Fsp3) is 0.298. The number of ether oxygens (including phenoxy) is 3. The van der Waals surface area contributed by atoms with Crippen molar-refractivity contribution in [1.29, 1.82) is 0 Å². The number of hydrogen-bond acceptors (Lipinski definition) is 11. The molecule has 6 aromatic rings. The van der Waals surface area contributed by atoms with Gasteiger partial charge in [0.25, 0.3) is 0 Å². The molecule has 348 valence electrons. The molecular formula is C57H58N4O7. The van der Waals surface area contributed by atoms with Crippen molar-refractivity contribution in [2.24, 2.45) is 20.0 Å². The average Bonchev–Trinajstić information content (AvgIpc) is 3.35. The number of aromatic hydroxyl groups is 4. The summed E-state index contributed by atoms with van der Waals surface area (Å²) in [5, 5.41) is 43.2. The van der Waals surface area contributed by atoms with Crippen molar-refractivity contribution in [2.45, 2.75) is 94.8 Å². The Hall–Kier alpha value is -7.40. The largest absolute Gasteiger partial charge is 0.507 e. The second-order valence-corrected chi connectivity index (χ2v) is 18.4. The summed E-state index contributed by atoms with van der Waals surface area (Å²) in [5.74, 6) is 3.29. The topological polar surface area (TPSA) is 158 Å². The van der Waals surface area contributed by atoms with E-state index >= 15 is 0 Å². The third-order valence-electron chi connectivity index (χ3n) is 13.7. The first-order valence-electron chi connectivity index (χ1n) is 23.5. The van der Waals surface area contributed by atoms with Gasteiger partial charge in [-0.15, -0.1) is 0 Å². The van der Waals surface area contributed by atoms with E-state index in [-0.39, 0.29) is 47.2 Å². The number of phenolic OH excluding ortho intramolecular Hbond substituents is 4. The summed E-state index contributed by atoms with van der Waals surface area (Å²) in [4.78, 5) is 19.8. The van der Waals surface area contributed by atoms with E-state index in [4.69, 9.17) is 34.2 Å². The van der Waals surface area contributed by atoms with E-state index < -0.39 is 5.41 Å². The summed E-state index contributed by atoms with van der Waals surface area (Å²) in [6.45, 7) is 4.42. The van der Waals surface area contributed by atoms with Crippen molar-refractivity contribution < 1.29 is 34.6 Å². The number of hydrogen-bond donors (Lipinski definition) is 4. The third kappa shape index (κ3) is 9.56. The molecule has 2 fully saturated rings. The maximum atomic E-state index is 11.1. The third-order valence-corrected chi connectivity index (χ3v) is 13.7. The smallest absolute Gasteiger partial charge is 0.139 e. The van der Waals surface area contributed by atoms with Crippen LogP contribution in [0, 0.1) is 0 Å². The zero-order chi connectivity index (χ0) is 47.4. The van der Waals surface area contributed by atoms with Crippen molar-refractivity contribution in [3.63, 3.8) is 0 Å². The van der Waals surface area contributed by atoms with Gasteiger partial charge in [-0.3, -0.25) is 20.0 Å². The normalized spacial score (nSPS) is 20.1. The van der Waals surface area contributed by atoms with Gasteiger partial charge in [0.15, 0.2) is 0 Å². The number of para-hydroxylation sites is 2. The highest BCUT2D eigenvalue weighted by atomic mass is 16.5. The van der Waals surface area contributed by atoms with Crippen LogP contribution in [0.5, 0.6) is 46.0 Å². The van der Waals surface area contributed by atoms with E-state index in [0.29, 0.717) is 33.8 Å². The molecule has 3 aliphatic rings. The van der Waals surface area contributed by atoms with Crippen LogP contribution in [-0.2, 0) is 5.41 Å². The molecule has 4 N–H and O–H groups in total. The quantitative estimate of drug-likeness (QED) is 0.0890. The van der Waals surface area contributed by atoms with Crippen molar-refractivity contribution in [3.8, 4) is 68.2 Å². The molecule has 0 unspecified atom stereocenters. The van der Waals surface area contributed by atoms with Gasteiger partial charge in [-0.05, 0) is 97.5 Å². The molecular weight excluding hydrogens is 853 g/mol. The minimum Gasteiger partial charge on any atom is -0.507 e. The van der Waals surface area contributed by atoms with Gasteiger partial charge in [0, 0.05) is 74.8 Å². The number of phenols is 4. The van der Waals surface area contributed by atoms with E-state index in [1.165, 1.54) is 0 Å². The molecule has 4 atom stereocenters. The zero-order valence-electron chi connectivity index (χ0n) is 39.0. The molecule has 1 heterocycles. The SMILES string of the molecule is COc1ccc(O)c(C=N[C@@H]2CCCC[C@H]2N=Cc2cc(-c3cccc4c3Oc3c(-c5ccc(O)c(C=N[C@@H]6CCCC[C@H]6N=Cc6cc(OC)ccc6O)c5)cccc3C4(C)C)ccc2O)c1. The van der Waals surface area contributed by atoms with E-state index in [9.17, 15) is 20.4 Å². The summed E-state index contributed by atoms with van der Waals surface area (Å²) < 4.78 is 17.8. The van der Waals surface area contributed by atoms with Gasteiger partial charge < -0.3 is 34.6 Å². The van der Waals surface area contributed by atoms with Crippen LogP contribution in [0.1, 0.15) is 98.6 Å². The molecule has 2 aliphatic carbocycles. The Balaban J connectivity index is 0.985. The van der Waals surface area contributed by atoms with Crippen molar-refractivity contribution in [2.75, 3.05) is 14.2 Å². The van der Waals surface area contributed by atoms with Gasteiger partial charge in [0.05, 0.1) is 38.4 Å². The van der Waals surface area contributed by atoms with Crippen LogP contribution < -0.4 is 14.2 Å². The van der Waals surface area contributed by atoms with Crippen molar-refractivity contribution in [1.82, 2.24) is 0 Å². The minimum absolute atomic E-state index is 0.0733. The fourth-order valence-corrected chi connectivity index (χ4v) is 9.74. The first-order valence-corrected chi connectivity index (χ1v) is 23.5. The lowest BCUT2D eigenvalue weighted by Crippen LogP contribution is -2.27. The lowest BCUT2D eigenvalue weighted by atomic mass is 9.74. The predicted molar refractivity (Wildman–Crippen MR) is 271 cm³/mol. The molecule has 0 radical (unpaired) electrons. The Morgan fingerprint density at radius 2 is 0.809 bits per heavy atom. The van der Waals surface area contributed by atoms with Gasteiger partial charge in [-0.25, -0.2) is 0 Å². The Labute approximate surface area is 397 Å². The second-order valence-electron chi connectivity index (χ2n) is 18.4. The van der Waals surface area contributed by atoms with Gasteiger partial charge >= 0.3 is 0 Å². The Morgan fingerprint density at radius 1 is 0.471 bits per heavy atom. The Kier molecular flexibility index (Phi) is 13.3. The maximum Gasteiger partial charge on any atom is 0.139 e. The van der Waals surface area contributed by atoms with Crippen LogP contribution in [0.4, 0.5) is 0 Å². The number of methoxy groups -OCH3 is 2. The molecule has 6 aromatic carbocycles. The Morgan fingerprint density at radius 3 is 1.16 bits per heavy atom. The molecule has 1 aliphatic heterocycles. The summed E-state index contributed by atoms with van der Waals surface area (Å²) in [6.07, 6.45) is 14.6. The summed E-state index contributed by atoms with van der Waals surface area (Å²) in [7, 11) is 3.19. The van der Waals surface area contributed by atoms with Crippen LogP contribution in [-0.4, -0.2) is 83.7 Å². The van der Waals surface area contributed by atoms with Gasteiger partial charge in [0.1, 0.15) is 46.0 Å². The fourth-order valence-electron chi connectivity index (χ4n) is 9.74. The summed E-state index contributed by atoms with van der Waals surface area (Å²) in [5.41, 5.74) is 7.52. The van der Waals surface area contributed by atoms with Crippen LogP contribution in [0.25, 0.3) is 22.3 Å². The lowest BCUT2D eigenvalue weighted by molar-refractivity contribution is 0.390. The number of rotatable bonds is 12. The molecule has 0 amide bonds. The van der Waals surface area contributed by atoms with E-state index in [2.05, 4.69) is 38.1 Å². The molecule has 2 saturated carbocycles. The van der Waals surface area contributed by atoms with E-state index in [1.807, 2.05) is 36.4 Å². The molecule has 0 saturated heterocycles. The number of fused-ring (bicyclic) bond motifs is 2. The number of nitrogens with zero attached hydrogens (tertiary/aromatic N) is 4. The molecule has 11 nitrogen and oxygen atoms in total. The average molecular weight is 911 g/mol. The molecule has 68 heavy (non-hydrogen) atoms. The van der Waals surface area contributed by atoms with Crippen LogP contribution in [0.15, 0.2) is 129 Å². The summed E-state index contributed by atoms with van der Waals surface area (Å²) in [6, 6.07) is 33.4. The van der Waals surface area contributed by atoms with Crippen LogP contribution in [0.3, 0.4) is 0 Å².